The Morgan fingerprint density at radius 2 is 0.343 bits per heavy atom. The van der Waals surface area contributed by atoms with E-state index >= 15 is 0 Å². The molecule has 504 valence electrons. The van der Waals surface area contributed by atoms with Crippen molar-refractivity contribution in [3.8, 4) is 0 Å². The zero-order valence-corrected chi connectivity index (χ0v) is 57.9. The van der Waals surface area contributed by atoms with Crippen molar-refractivity contribution in [2.24, 2.45) is 0 Å². The van der Waals surface area contributed by atoms with E-state index in [1.807, 2.05) is 123 Å². The average Bonchev–Trinajstić information content (AvgIpc) is 0.791. The van der Waals surface area contributed by atoms with Crippen LogP contribution in [-0.4, -0.2) is 65.3 Å². The van der Waals surface area contributed by atoms with E-state index in [0.717, 1.165) is 38.2 Å². The molecule has 0 radical (unpaired) electrons. The lowest BCUT2D eigenvalue weighted by Gasteiger charge is -2.08. The Hall–Kier alpha value is -15.0. The number of aromatic nitrogens is 13. The van der Waals surface area contributed by atoms with Crippen LogP contribution in [0.5, 0.6) is 0 Å². The first-order valence-electron chi connectivity index (χ1n) is 35.5. The van der Waals surface area contributed by atoms with Gasteiger partial charge in [-0.05, 0) is 151 Å². The Bertz CT molecular complexity index is 5140. The summed E-state index contributed by atoms with van der Waals surface area (Å²) in [6.07, 6.45) is 31.6. The van der Waals surface area contributed by atoms with Crippen molar-refractivity contribution in [2.75, 3.05) is 0 Å². The third-order valence-corrected chi connectivity index (χ3v) is 20.4. The van der Waals surface area contributed by atoms with Crippen LogP contribution in [0.4, 0.5) is 0 Å². The Morgan fingerprint density at radius 3 is 0.694 bits per heavy atom. The quantitative estimate of drug-likeness (QED) is 0.132. The summed E-state index contributed by atoms with van der Waals surface area (Å²) in [6, 6.07) is 87.7. The minimum atomic E-state index is 0.916. The highest BCUT2D eigenvalue weighted by atomic mass is 15.3. The lowest BCUT2D eigenvalue weighted by Crippen LogP contribution is -1.90. The molecular formula is C95H59N13. The Labute approximate surface area is 616 Å². The minimum absolute atomic E-state index is 0.916. The fourth-order valence-electron chi connectivity index (χ4n) is 15.7. The highest BCUT2D eigenvalue weighted by Gasteiger charge is 2.15. The zero-order chi connectivity index (χ0) is 71.7. The molecule has 108 heavy (non-hydrogen) atoms. The highest BCUT2D eigenvalue weighted by Crippen LogP contribution is 2.40. The molecule has 14 aromatic carbocycles. The molecule has 24 aromatic rings. The van der Waals surface area contributed by atoms with Crippen LogP contribution in [-0.2, 0) is 0 Å². The topological polar surface area (TPSA) is 168 Å². The molecule has 0 N–H and O–H groups in total. The standard InChI is InChI=1S/5C16H10N2.C15H9N3/c1-2-7-13-11(5-1)12-6-3-4-8-14(12)16-15(13)9-17-10-18-16;1-2-5-13-11(4-1)15-10-17-9-7-12(15)14-6-3-8-18-16(13)14;1-2-5-12-11(4-1)13-6-3-8-18-16(13)14-7-9-17-10-15(12)14;1-2-4-12-11(3-1)15-9-17-7-5-13(15)14-6-8-18-10-16(12)14;1-2-4-12-11(3-1)13-5-7-17-10-16(13)14-6-8-18-9-15(12)14;1-2-7-12-10(5-1)11-6-3-4-8-13(11)15-14(12)9-16-18-17-15/h5*1-10H;1-9H. The van der Waals surface area contributed by atoms with Crippen molar-refractivity contribution < 1.29 is 0 Å². The summed E-state index contributed by atoms with van der Waals surface area (Å²) in [5, 5.41) is 50.4. The van der Waals surface area contributed by atoms with Crippen LogP contribution in [0.25, 0.3) is 194 Å². The second-order valence-electron chi connectivity index (χ2n) is 26.2. The molecular weight excluding hydrogens is 1320 g/mol. The van der Waals surface area contributed by atoms with Crippen LogP contribution in [0.15, 0.2) is 360 Å². The van der Waals surface area contributed by atoms with Gasteiger partial charge < -0.3 is 0 Å². The van der Waals surface area contributed by atoms with Crippen LogP contribution in [0.1, 0.15) is 0 Å². The predicted molar refractivity (Wildman–Crippen MR) is 445 cm³/mol. The van der Waals surface area contributed by atoms with Crippen molar-refractivity contribution in [1.29, 1.82) is 0 Å². The molecule has 0 bridgehead atoms. The van der Waals surface area contributed by atoms with Gasteiger partial charge in [-0.25, -0.2) is 9.97 Å². The number of hydrogen-bond acceptors (Lipinski definition) is 13. The Kier molecular flexibility index (Phi) is 16.6. The number of benzene rings is 14. The van der Waals surface area contributed by atoms with E-state index in [4.69, 9.17) is 0 Å². The van der Waals surface area contributed by atoms with E-state index in [1.54, 1.807) is 12.5 Å². The number of nitrogens with zero attached hydrogens (tertiary/aromatic N) is 13. The van der Waals surface area contributed by atoms with Gasteiger partial charge in [0, 0.05) is 168 Å². The summed E-state index contributed by atoms with van der Waals surface area (Å²) in [4.78, 5) is 43.2. The summed E-state index contributed by atoms with van der Waals surface area (Å²) in [5.41, 5.74) is 4.05. The van der Waals surface area contributed by atoms with Crippen molar-refractivity contribution in [1.82, 2.24) is 65.3 Å². The molecule has 0 aliphatic heterocycles. The van der Waals surface area contributed by atoms with Crippen LogP contribution in [0.3, 0.4) is 0 Å². The monoisotopic (exact) mass is 1380 g/mol. The SMILES string of the molecule is c1ccc2c(c1)c1ccccc1c1ncncc21.c1ccc2c(c1)c1ccccc1c1nnncc21.c1ccc2c(c1)c1ccncc1c1ccncc21.c1ccc2c(c1)c1cnccc1c1cccnc21.c1ccc2c(c1)c1cnccc1c1ccncc21.c1ccc2c(c1)c1cnccc1c1ncccc21. The first kappa shape index (κ1) is 63.9. The van der Waals surface area contributed by atoms with Gasteiger partial charge in [-0.3, -0.25) is 39.9 Å². The molecule has 0 aliphatic rings. The normalized spacial score (nSPS) is 11.3. The summed E-state index contributed by atoms with van der Waals surface area (Å²) in [6.45, 7) is 0. The fourth-order valence-corrected chi connectivity index (χ4v) is 15.7. The van der Waals surface area contributed by atoms with Gasteiger partial charge in [0.15, 0.2) is 0 Å². The molecule has 0 saturated heterocycles. The van der Waals surface area contributed by atoms with Gasteiger partial charge in [0.1, 0.15) is 11.8 Å². The van der Waals surface area contributed by atoms with Crippen molar-refractivity contribution in [2.45, 2.75) is 0 Å². The first-order valence-corrected chi connectivity index (χ1v) is 35.5. The van der Waals surface area contributed by atoms with Gasteiger partial charge in [-0.15, -0.1) is 10.2 Å². The predicted octanol–water partition coefficient (Wildman–Crippen LogP) is 23.0. The molecule has 10 heterocycles. The van der Waals surface area contributed by atoms with Crippen LogP contribution in [0.2, 0.25) is 0 Å². The molecule has 13 heteroatoms. The lowest BCUT2D eigenvalue weighted by atomic mass is 9.97. The number of pyridine rings is 8. The zero-order valence-electron chi connectivity index (χ0n) is 57.9. The van der Waals surface area contributed by atoms with Crippen molar-refractivity contribution >= 4 is 194 Å². The average molecular weight is 1380 g/mol. The maximum absolute atomic E-state index is 4.54. The summed E-state index contributed by atoms with van der Waals surface area (Å²) in [7, 11) is 0. The minimum Gasteiger partial charge on any atom is -0.264 e. The van der Waals surface area contributed by atoms with Crippen molar-refractivity contribution in [3.05, 3.63) is 360 Å². The second-order valence-corrected chi connectivity index (χ2v) is 26.2. The van der Waals surface area contributed by atoms with Crippen LogP contribution in [0, 0.1) is 0 Å². The number of fused-ring (bicyclic) bond motifs is 36. The number of hydrogen-bond donors (Lipinski definition) is 0. The molecule has 0 fully saturated rings. The molecule has 24 rings (SSSR count). The van der Waals surface area contributed by atoms with E-state index in [-0.39, 0.29) is 0 Å². The lowest BCUT2D eigenvalue weighted by molar-refractivity contribution is 0.898. The smallest absolute Gasteiger partial charge is 0.116 e. The molecule has 0 unspecified atom stereocenters. The third kappa shape index (κ3) is 11.4. The Balaban J connectivity index is 0.0000000882. The summed E-state index contributed by atoms with van der Waals surface area (Å²) in [5.74, 6) is 0. The number of rotatable bonds is 0. The molecule has 10 aromatic heterocycles. The van der Waals surface area contributed by atoms with E-state index in [9.17, 15) is 0 Å². The molecule has 0 spiro atoms. The Morgan fingerprint density at radius 1 is 0.139 bits per heavy atom. The van der Waals surface area contributed by atoms with Gasteiger partial charge in [-0.2, -0.15) is 0 Å². The maximum Gasteiger partial charge on any atom is 0.116 e. The van der Waals surface area contributed by atoms with Gasteiger partial charge in [0.25, 0.3) is 0 Å². The molecule has 13 nitrogen and oxygen atoms in total. The largest absolute Gasteiger partial charge is 0.264 e. The maximum atomic E-state index is 4.54. The van der Waals surface area contributed by atoms with E-state index in [0.29, 0.717) is 0 Å². The first-order chi connectivity index (χ1) is 53.7. The fraction of sp³-hybridized carbons (Fsp3) is 0. The molecule has 0 saturated carbocycles. The van der Waals surface area contributed by atoms with Gasteiger partial charge in [0.2, 0.25) is 0 Å². The third-order valence-electron chi connectivity index (χ3n) is 20.4. The van der Waals surface area contributed by atoms with E-state index < -0.39 is 0 Å². The molecule has 0 aliphatic carbocycles. The van der Waals surface area contributed by atoms with Crippen LogP contribution >= 0.6 is 0 Å². The summed E-state index contributed by atoms with van der Waals surface area (Å²) >= 11 is 0. The second kappa shape index (κ2) is 28.0. The van der Waals surface area contributed by atoms with E-state index in [1.165, 1.54) is 156 Å². The van der Waals surface area contributed by atoms with Gasteiger partial charge in [-0.1, -0.05) is 206 Å². The molecule has 0 atom stereocenters. The summed E-state index contributed by atoms with van der Waals surface area (Å²) < 4.78 is 0. The van der Waals surface area contributed by atoms with E-state index in [2.05, 4.69) is 290 Å². The van der Waals surface area contributed by atoms with Crippen LogP contribution < -0.4 is 0 Å². The van der Waals surface area contributed by atoms with Gasteiger partial charge >= 0.3 is 0 Å². The van der Waals surface area contributed by atoms with Gasteiger partial charge in [0.05, 0.1) is 22.7 Å². The molecule has 0 amide bonds. The highest BCUT2D eigenvalue weighted by molar-refractivity contribution is 6.29. The van der Waals surface area contributed by atoms with Crippen molar-refractivity contribution in [3.63, 3.8) is 0 Å².